The molecule has 0 fully saturated rings. The second kappa shape index (κ2) is 8.67. The van der Waals surface area contributed by atoms with Crippen molar-refractivity contribution in [3.05, 3.63) is 80.2 Å². The molecule has 5 nitrogen and oxygen atoms in total. The first-order valence-electron chi connectivity index (χ1n) is 8.24. The highest BCUT2D eigenvalue weighted by molar-refractivity contribution is 6.37. The molecule has 0 saturated heterocycles. The van der Waals surface area contributed by atoms with Gasteiger partial charge in [0.1, 0.15) is 0 Å². The largest absolute Gasteiger partial charge is 0.417 e. The standard InChI is InChI=1S/C19H12Cl3F3N4O/c1-29-9-10(17(30)14-3-2-12(20)6-15(14)21)4-13(29)8-27-28-18-16(22)5-11(7-26-18)19(23,24)25/h2-9H,1H3,(H,26,28)/b27-8-. The van der Waals surface area contributed by atoms with Gasteiger partial charge in [-0.1, -0.05) is 34.8 Å². The third kappa shape index (κ3) is 4.95. The lowest BCUT2D eigenvalue weighted by Crippen LogP contribution is -2.06. The van der Waals surface area contributed by atoms with Crippen LogP contribution in [0.5, 0.6) is 0 Å². The molecule has 1 N–H and O–H groups in total. The number of anilines is 1. The van der Waals surface area contributed by atoms with Gasteiger partial charge in [-0.3, -0.25) is 10.2 Å². The van der Waals surface area contributed by atoms with Crippen LogP contribution in [-0.2, 0) is 13.2 Å². The van der Waals surface area contributed by atoms with Crippen molar-refractivity contribution in [3.63, 3.8) is 0 Å². The minimum absolute atomic E-state index is 0.0422. The van der Waals surface area contributed by atoms with Gasteiger partial charge in [-0.05, 0) is 30.3 Å². The summed E-state index contributed by atoms with van der Waals surface area (Å²) in [4.78, 5) is 16.3. The number of pyridine rings is 1. The number of alkyl halides is 3. The molecule has 3 aromatic rings. The number of carbonyl (C=O) groups excluding carboxylic acids is 1. The van der Waals surface area contributed by atoms with Crippen LogP contribution in [0.3, 0.4) is 0 Å². The molecule has 11 heteroatoms. The van der Waals surface area contributed by atoms with Crippen molar-refractivity contribution in [1.82, 2.24) is 9.55 Å². The number of carbonyl (C=O) groups is 1. The van der Waals surface area contributed by atoms with E-state index in [1.165, 1.54) is 18.3 Å². The number of hydrogen-bond acceptors (Lipinski definition) is 4. The topological polar surface area (TPSA) is 59.3 Å². The van der Waals surface area contributed by atoms with Crippen molar-refractivity contribution in [1.29, 1.82) is 0 Å². The Morgan fingerprint density at radius 2 is 1.90 bits per heavy atom. The first-order chi connectivity index (χ1) is 14.1. The van der Waals surface area contributed by atoms with Gasteiger partial charge in [0.05, 0.1) is 27.5 Å². The highest BCUT2D eigenvalue weighted by atomic mass is 35.5. The molecule has 0 aliphatic rings. The SMILES string of the molecule is Cn1cc(C(=O)c2ccc(Cl)cc2Cl)cc1/C=N\Nc1ncc(C(F)(F)F)cc1Cl. The lowest BCUT2D eigenvalue weighted by molar-refractivity contribution is -0.137. The molecule has 0 saturated carbocycles. The summed E-state index contributed by atoms with van der Waals surface area (Å²) in [6.45, 7) is 0. The van der Waals surface area contributed by atoms with E-state index in [0.29, 0.717) is 28.0 Å². The first kappa shape index (κ1) is 22.1. The van der Waals surface area contributed by atoms with Crippen LogP contribution in [-0.4, -0.2) is 21.5 Å². The van der Waals surface area contributed by atoms with E-state index >= 15 is 0 Å². The lowest BCUT2D eigenvalue weighted by atomic mass is 10.1. The summed E-state index contributed by atoms with van der Waals surface area (Å²) in [5, 5.41) is 4.34. The van der Waals surface area contributed by atoms with Crippen molar-refractivity contribution in [2.45, 2.75) is 6.18 Å². The number of ketones is 1. The summed E-state index contributed by atoms with van der Waals surface area (Å²) >= 11 is 17.8. The fourth-order valence-electron chi connectivity index (χ4n) is 2.50. The number of nitrogens with one attached hydrogen (secondary N) is 1. The molecule has 156 valence electrons. The van der Waals surface area contributed by atoms with Crippen LogP contribution >= 0.6 is 34.8 Å². The Hall–Kier alpha value is -2.55. The van der Waals surface area contributed by atoms with Crippen molar-refractivity contribution in [3.8, 4) is 0 Å². The Morgan fingerprint density at radius 1 is 1.17 bits per heavy atom. The number of hydrazone groups is 1. The molecule has 0 spiro atoms. The van der Waals surface area contributed by atoms with Gasteiger partial charge in [0.2, 0.25) is 0 Å². The van der Waals surface area contributed by atoms with E-state index in [4.69, 9.17) is 34.8 Å². The molecule has 0 aliphatic carbocycles. The Morgan fingerprint density at radius 3 is 2.53 bits per heavy atom. The molecule has 0 radical (unpaired) electrons. The summed E-state index contributed by atoms with van der Waals surface area (Å²) in [7, 11) is 1.70. The van der Waals surface area contributed by atoms with Crippen LogP contribution in [0.1, 0.15) is 27.2 Å². The van der Waals surface area contributed by atoms with E-state index < -0.39 is 11.7 Å². The first-order valence-corrected chi connectivity index (χ1v) is 9.37. The van der Waals surface area contributed by atoms with Gasteiger partial charge < -0.3 is 4.57 Å². The van der Waals surface area contributed by atoms with Gasteiger partial charge in [-0.25, -0.2) is 4.98 Å². The van der Waals surface area contributed by atoms with Crippen LogP contribution < -0.4 is 5.43 Å². The minimum atomic E-state index is -4.54. The number of benzene rings is 1. The molecule has 0 unspecified atom stereocenters. The van der Waals surface area contributed by atoms with E-state index in [2.05, 4.69) is 15.5 Å². The number of rotatable bonds is 5. The highest BCUT2D eigenvalue weighted by Gasteiger charge is 2.31. The average molecular weight is 476 g/mol. The fraction of sp³-hybridized carbons (Fsp3) is 0.105. The van der Waals surface area contributed by atoms with Crippen LogP contribution in [0, 0.1) is 0 Å². The number of aryl methyl sites for hydroxylation is 1. The molecule has 3 rings (SSSR count). The van der Waals surface area contributed by atoms with E-state index in [9.17, 15) is 18.0 Å². The zero-order chi connectivity index (χ0) is 22.1. The van der Waals surface area contributed by atoms with Crippen LogP contribution in [0.4, 0.5) is 19.0 Å². The maximum absolute atomic E-state index is 12.7. The highest BCUT2D eigenvalue weighted by Crippen LogP contribution is 2.32. The fourth-order valence-corrected chi connectivity index (χ4v) is 3.20. The summed E-state index contributed by atoms with van der Waals surface area (Å²) in [6, 6.07) is 6.92. The van der Waals surface area contributed by atoms with Gasteiger partial charge in [0.15, 0.2) is 11.6 Å². The summed E-state index contributed by atoms with van der Waals surface area (Å²) < 4.78 is 39.6. The third-order valence-electron chi connectivity index (χ3n) is 4.02. The average Bonchev–Trinajstić information content (AvgIpc) is 3.02. The number of hydrogen-bond donors (Lipinski definition) is 1. The van der Waals surface area contributed by atoms with Crippen molar-refractivity contribution >= 4 is 52.6 Å². The second-order valence-electron chi connectivity index (χ2n) is 6.14. The Bertz CT molecular complexity index is 1140. The molecular formula is C19H12Cl3F3N4O. The molecule has 30 heavy (non-hydrogen) atoms. The molecule has 0 bridgehead atoms. The number of halogens is 6. The van der Waals surface area contributed by atoms with E-state index in [1.807, 2.05) is 0 Å². The molecule has 1 aromatic carbocycles. The quantitative estimate of drug-likeness (QED) is 0.276. The van der Waals surface area contributed by atoms with Crippen LogP contribution in [0.15, 0.2) is 47.8 Å². The van der Waals surface area contributed by atoms with Crippen molar-refractivity contribution < 1.29 is 18.0 Å². The summed E-state index contributed by atoms with van der Waals surface area (Å²) in [6.07, 6.45) is -0.926. The zero-order valence-corrected chi connectivity index (χ0v) is 17.4. The van der Waals surface area contributed by atoms with Crippen molar-refractivity contribution in [2.75, 3.05) is 5.43 Å². The van der Waals surface area contributed by atoms with E-state index in [-0.39, 0.29) is 21.6 Å². The molecule has 0 amide bonds. The molecule has 2 aromatic heterocycles. The Labute approximate surface area is 184 Å². The predicted molar refractivity (Wildman–Crippen MR) is 111 cm³/mol. The van der Waals surface area contributed by atoms with Crippen molar-refractivity contribution in [2.24, 2.45) is 12.1 Å². The van der Waals surface area contributed by atoms with Gasteiger partial charge in [-0.2, -0.15) is 18.3 Å². The van der Waals surface area contributed by atoms with Crippen LogP contribution in [0.25, 0.3) is 0 Å². The summed E-state index contributed by atoms with van der Waals surface area (Å²) in [5.41, 5.74) is 2.72. The third-order valence-corrected chi connectivity index (χ3v) is 4.85. The maximum Gasteiger partial charge on any atom is 0.417 e. The molecule has 0 atom stereocenters. The zero-order valence-electron chi connectivity index (χ0n) is 15.1. The Kier molecular flexibility index (Phi) is 6.40. The molecule has 2 heterocycles. The Balaban J connectivity index is 1.76. The maximum atomic E-state index is 12.7. The molecule has 0 aliphatic heterocycles. The summed E-state index contributed by atoms with van der Waals surface area (Å²) in [5.74, 6) is -0.341. The van der Waals surface area contributed by atoms with Gasteiger partial charge in [-0.15, -0.1) is 0 Å². The van der Waals surface area contributed by atoms with Gasteiger partial charge in [0, 0.05) is 35.6 Å². The van der Waals surface area contributed by atoms with Crippen LogP contribution in [0.2, 0.25) is 15.1 Å². The van der Waals surface area contributed by atoms with E-state index in [0.717, 1.165) is 6.07 Å². The lowest BCUT2D eigenvalue weighted by Gasteiger charge is -2.08. The minimum Gasteiger partial charge on any atom is -0.349 e. The van der Waals surface area contributed by atoms with Gasteiger partial charge in [0.25, 0.3) is 0 Å². The van der Waals surface area contributed by atoms with E-state index in [1.54, 1.807) is 29.9 Å². The smallest absolute Gasteiger partial charge is 0.349 e. The molecular weight excluding hydrogens is 464 g/mol. The second-order valence-corrected chi connectivity index (χ2v) is 7.39. The van der Waals surface area contributed by atoms with Gasteiger partial charge >= 0.3 is 6.18 Å². The number of nitrogens with zero attached hydrogens (tertiary/aromatic N) is 3. The monoisotopic (exact) mass is 474 g/mol. The number of aromatic nitrogens is 2. The predicted octanol–water partition coefficient (Wildman–Crippen LogP) is 6.08. The normalized spacial score (nSPS) is 11.8.